The van der Waals surface area contributed by atoms with E-state index in [1.807, 2.05) is 35.3 Å². The quantitative estimate of drug-likeness (QED) is 0.819. The van der Waals surface area contributed by atoms with E-state index in [9.17, 15) is 13.2 Å². The lowest BCUT2D eigenvalue weighted by molar-refractivity contribution is -0.124. The summed E-state index contributed by atoms with van der Waals surface area (Å²) in [4.78, 5) is 12.4. The lowest BCUT2D eigenvalue weighted by atomic mass is 10.1. The van der Waals surface area contributed by atoms with Crippen molar-refractivity contribution in [2.75, 3.05) is 30.1 Å². The normalized spacial score (nSPS) is 22.0. The number of aromatic nitrogens is 1. The standard InChI is InChI=1S/C14H22N2O3S2/c1-20-8-4-13(16-6-2-3-7-16)14(17)15-10-12-5-9-21(18,19)11-12/h2-3,6-7,12-13H,4-5,8-11H2,1H3,(H,15,17)/t12?,13-/m0/s1. The molecule has 1 aliphatic heterocycles. The molecule has 1 aromatic rings. The van der Waals surface area contributed by atoms with Gasteiger partial charge in [-0.1, -0.05) is 0 Å². The first-order valence-electron chi connectivity index (χ1n) is 7.11. The Morgan fingerprint density at radius 3 is 2.71 bits per heavy atom. The molecule has 1 amide bonds. The van der Waals surface area contributed by atoms with Crippen molar-refractivity contribution < 1.29 is 13.2 Å². The molecule has 21 heavy (non-hydrogen) atoms. The molecule has 1 fully saturated rings. The number of carbonyl (C=O) groups excluding carboxylic acids is 1. The number of sulfone groups is 1. The summed E-state index contributed by atoms with van der Waals surface area (Å²) in [5, 5.41) is 2.93. The number of nitrogens with one attached hydrogen (secondary N) is 1. The predicted octanol–water partition coefficient (Wildman–Crippen LogP) is 1.33. The fourth-order valence-corrected chi connectivity index (χ4v) is 4.92. The highest BCUT2D eigenvalue weighted by Crippen LogP contribution is 2.19. The van der Waals surface area contributed by atoms with Gasteiger partial charge < -0.3 is 9.88 Å². The van der Waals surface area contributed by atoms with Crippen LogP contribution in [0.25, 0.3) is 0 Å². The molecule has 1 aromatic heterocycles. The maximum atomic E-state index is 12.4. The highest BCUT2D eigenvalue weighted by molar-refractivity contribution is 7.98. The van der Waals surface area contributed by atoms with Gasteiger partial charge in [0.2, 0.25) is 5.91 Å². The van der Waals surface area contributed by atoms with Gasteiger partial charge in [-0.25, -0.2) is 8.42 Å². The molecule has 2 heterocycles. The van der Waals surface area contributed by atoms with Crippen LogP contribution >= 0.6 is 11.8 Å². The summed E-state index contributed by atoms with van der Waals surface area (Å²) in [5.74, 6) is 1.40. The molecule has 1 saturated heterocycles. The summed E-state index contributed by atoms with van der Waals surface area (Å²) >= 11 is 1.72. The van der Waals surface area contributed by atoms with Crippen molar-refractivity contribution >= 4 is 27.5 Å². The van der Waals surface area contributed by atoms with Gasteiger partial charge in [0.1, 0.15) is 6.04 Å². The van der Waals surface area contributed by atoms with Crippen LogP contribution in [0, 0.1) is 5.92 Å². The minimum absolute atomic E-state index is 0.0236. The molecule has 0 aliphatic carbocycles. The molecule has 1 aliphatic rings. The third-order valence-electron chi connectivity index (χ3n) is 3.78. The maximum absolute atomic E-state index is 12.4. The van der Waals surface area contributed by atoms with Crippen LogP contribution in [-0.4, -0.2) is 49.0 Å². The van der Waals surface area contributed by atoms with Crippen molar-refractivity contribution in [2.45, 2.75) is 18.9 Å². The van der Waals surface area contributed by atoms with E-state index in [4.69, 9.17) is 0 Å². The molecule has 7 heteroatoms. The number of hydrogen-bond donors (Lipinski definition) is 1. The van der Waals surface area contributed by atoms with Gasteiger partial charge in [-0.3, -0.25) is 4.79 Å². The largest absolute Gasteiger partial charge is 0.354 e. The van der Waals surface area contributed by atoms with E-state index in [0.717, 1.165) is 12.2 Å². The number of amides is 1. The van der Waals surface area contributed by atoms with Gasteiger partial charge in [0.05, 0.1) is 11.5 Å². The van der Waals surface area contributed by atoms with Crippen LogP contribution in [-0.2, 0) is 14.6 Å². The van der Waals surface area contributed by atoms with Crippen LogP contribution in [0.4, 0.5) is 0 Å². The number of carbonyl (C=O) groups is 1. The Hall–Kier alpha value is -0.950. The summed E-state index contributed by atoms with van der Waals surface area (Å²) in [6, 6.07) is 3.59. The van der Waals surface area contributed by atoms with E-state index in [2.05, 4.69) is 5.32 Å². The molecule has 1 unspecified atom stereocenters. The zero-order valence-electron chi connectivity index (χ0n) is 12.2. The average molecular weight is 330 g/mol. The SMILES string of the molecule is CSCC[C@@H](C(=O)NCC1CCS(=O)(=O)C1)n1cccc1. The summed E-state index contributed by atoms with van der Waals surface area (Å²) in [5.41, 5.74) is 0. The minimum Gasteiger partial charge on any atom is -0.354 e. The summed E-state index contributed by atoms with van der Waals surface area (Å²) in [7, 11) is -2.88. The van der Waals surface area contributed by atoms with Gasteiger partial charge in [0.15, 0.2) is 9.84 Å². The Morgan fingerprint density at radius 1 is 1.43 bits per heavy atom. The third-order valence-corrected chi connectivity index (χ3v) is 6.26. The first kappa shape index (κ1) is 16.4. The molecule has 2 rings (SSSR count). The molecule has 2 atom stereocenters. The van der Waals surface area contributed by atoms with Crippen molar-refractivity contribution in [1.82, 2.24) is 9.88 Å². The van der Waals surface area contributed by atoms with Gasteiger partial charge in [0, 0.05) is 18.9 Å². The zero-order chi connectivity index (χ0) is 15.3. The van der Waals surface area contributed by atoms with Crippen molar-refractivity contribution in [3.63, 3.8) is 0 Å². The highest BCUT2D eigenvalue weighted by atomic mass is 32.2. The second-order valence-electron chi connectivity index (χ2n) is 5.44. The topological polar surface area (TPSA) is 68.2 Å². The molecule has 0 aromatic carbocycles. The first-order valence-corrected chi connectivity index (χ1v) is 10.3. The molecule has 0 saturated carbocycles. The van der Waals surface area contributed by atoms with E-state index in [1.165, 1.54) is 0 Å². The van der Waals surface area contributed by atoms with Gasteiger partial charge >= 0.3 is 0 Å². The smallest absolute Gasteiger partial charge is 0.243 e. The van der Waals surface area contributed by atoms with E-state index in [-0.39, 0.29) is 29.4 Å². The van der Waals surface area contributed by atoms with E-state index in [0.29, 0.717) is 13.0 Å². The van der Waals surface area contributed by atoms with Crippen molar-refractivity contribution in [2.24, 2.45) is 5.92 Å². The molecule has 5 nitrogen and oxygen atoms in total. The van der Waals surface area contributed by atoms with Crippen LogP contribution in [0.1, 0.15) is 18.9 Å². The van der Waals surface area contributed by atoms with Crippen molar-refractivity contribution in [3.8, 4) is 0 Å². The fourth-order valence-electron chi connectivity index (χ4n) is 2.60. The van der Waals surface area contributed by atoms with Crippen molar-refractivity contribution in [1.29, 1.82) is 0 Å². The Morgan fingerprint density at radius 2 is 2.14 bits per heavy atom. The zero-order valence-corrected chi connectivity index (χ0v) is 13.8. The number of nitrogens with zero attached hydrogens (tertiary/aromatic N) is 1. The van der Waals surface area contributed by atoms with Crippen LogP contribution < -0.4 is 5.32 Å². The predicted molar refractivity (Wildman–Crippen MR) is 86.2 cm³/mol. The number of thioether (sulfide) groups is 1. The first-order chi connectivity index (χ1) is 10.0. The monoisotopic (exact) mass is 330 g/mol. The lowest BCUT2D eigenvalue weighted by Crippen LogP contribution is -2.36. The number of rotatable bonds is 7. The number of hydrogen-bond acceptors (Lipinski definition) is 4. The molecule has 1 N–H and O–H groups in total. The minimum atomic E-state index is -2.88. The van der Waals surface area contributed by atoms with E-state index < -0.39 is 9.84 Å². The molecule has 0 radical (unpaired) electrons. The molecule has 0 spiro atoms. The second-order valence-corrected chi connectivity index (χ2v) is 8.66. The highest BCUT2D eigenvalue weighted by Gasteiger charge is 2.29. The lowest BCUT2D eigenvalue weighted by Gasteiger charge is -2.19. The molecular weight excluding hydrogens is 308 g/mol. The van der Waals surface area contributed by atoms with Gasteiger partial charge in [-0.15, -0.1) is 0 Å². The Balaban J connectivity index is 1.90. The van der Waals surface area contributed by atoms with Crippen LogP contribution in [0.2, 0.25) is 0 Å². The Bertz CT molecular complexity index is 555. The van der Waals surface area contributed by atoms with E-state index >= 15 is 0 Å². The van der Waals surface area contributed by atoms with Gasteiger partial charge in [0.25, 0.3) is 0 Å². The summed E-state index contributed by atoms with van der Waals surface area (Å²) in [6.07, 6.45) is 7.23. The van der Waals surface area contributed by atoms with Crippen LogP contribution in [0.3, 0.4) is 0 Å². The van der Waals surface area contributed by atoms with Crippen LogP contribution in [0.5, 0.6) is 0 Å². The Labute approximate surface area is 130 Å². The Kier molecular flexibility index (Phi) is 5.75. The summed E-state index contributed by atoms with van der Waals surface area (Å²) in [6.45, 7) is 0.453. The van der Waals surface area contributed by atoms with Gasteiger partial charge in [-0.2, -0.15) is 11.8 Å². The molecule has 0 bridgehead atoms. The maximum Gasteiger partial charge on any atom is 0.243 e. The molecule has 118 valence electrons. The fraction of sp³-hybridized carbons (Fsp3) is 0.643. The third kappa shape index (κ3) is 4.78. The van der Waals surface area contributed by atoms with Gasteiger partial charge in [-0.05, 0) is 42.9 Å². The van der Waals surface area contributed by atoms with Crippen LogP contribution in [0.15, 0.2) is 24.5 Å². The molecular formula is C14H22N2O3S2. The average Bonchev–Trinajstić information content (AvgIpc) is 3.06. The van der Waals surface area contributed by atoms with Crippen molar-refractivity contribution in [3.05, 3.63) is 24.5 Å². The second kappa shape index (κ2) is 7.35. The van der Waals surface area contributed by atoms with E-state index in [1.54, 1.807) is 11.8 Å². The summed E-state index contributed by atoms with van der Waals surface area (Å²) < 4.78 is 24.8.